The lowest BCUT2D eigenvalue weighted by molar-refractivity contribution is 0.487. The molecule has 9 rings (SSSR count). The third kappa shape index (κ3) is 3.30. The van der Waals surface area contributed by atoms with E-state index in [0.717, 1.165) is 22.6 Å². The first-order valence-electron chi connectivity index (χ1n) is 14.1. The fourth-order valence-electron chi connectivity index (χ4n) is 6.76. The maximum atomic E-state index is 6.62. The summed E-state index contributed by atoms with van der Waals surface area (Å²) in [6.07, 6.45) is 0. The van der Waals surface area contributed by atoms with Crippen LogP contribution >= 0.6 is 0 Å². The zero-order chi connectivity index (χ0) is 26.9. The summed E-state index contributed by atoms with van der Waals surface area (Å²) in [6.45, 7) is 0. The standard InChI is InChI=1S/C40H24O/c1-2-9-25(10-3-1)27-18-20-33-35-22-21-32(34-15-8-16-38(40(34)35)41-39(33)23-27)37-24-36-28-12-5-4-11-26(28)17-19-31(36)29-13-6-7-14-30(29)37/h1-24H. The molecule has 1 nitrogen and oxygen atoms in total. The number of fused-ring (bicyclic) bond motifs is 7. The average molecular weight is 521 g/mol. The van der Waals surface area contributed by atoms with Crippen molar-refractivity contribution in [2.24, 2.45) is 0 Å². The van der Waals surface area contributed by atoms with Gasteiger partial charge in [0.2, 0.25) is 0 Å². The zero-order valence-corrected chi connectivity index (χ0v) is 22.3. The van der Waals surface area contributed by atoms with E-state index < -0.39 is 0 Å². The summed E-state index contributed by atoms with van der Waals surface area (Å²) in [5.41, 5.74) is 7.17. The molecule has 1 heteroatoms. The Hall–Kier alpha value is -5.40. The van der Waals surface area contributed by atoms with Gasteiger partial charge in [0.25, 0.3) is 0 Å². The van der Waals surface area contributed by atoms with Crippen LogP contribution in [0.1, 0.15) is 0 Å². The molecule has 0 amide bonds. The van der Waals surface area contributed by atoms with Crippen molar-refractivity contribution < 1.29 is 4.74 Å². The highest BCUT2D eigenvalue weighted by Gasteiger charge is 2.23. The van der Waals surface area contributed by atoms with Gasteiger partial charge >= 0.3 is 0 Å². The van der Waals surface area contributed by atoms with Crippen LogP contribution in [0.2, 0.25) is 0 Å². The second-order valence-corrected chi connectivity index (χ2v) is 10.9. The molecule has 41 heavy (non-hydrogen) atoms. The topological polar surface area (TPSA) is 9.23 Å². The first-order chi connectivity index (χ1) is 20.3. The molecular formula is C40H24O. The predicted octanol–water partition coefficient (Wildman–Crippen LogP) is 11.4. The minimum atomic E-state index is 0.904. The lowest BCUT2D eigenvalue weighted by atomic mass is 9.86. The molecule has 1 aliphatic rings. The molecule has 0 atom stereocenters. The fourth-order valence-corrected chi connectivity index (χ4v) is 6.76. The molecule has 0 fully saturated rings. The molecule has 1 heterocycles. The van der Waals surface area contributed by atoms with E-state index in [0.29, 0.717) is 0 Å². The third-order valence-electron chi connectivity index (χ3n) is 8.66. The van der Waals surface area contributed by atoms with Gasteiger partial charge in [-0.05, 0) is 89.8 Å². The molecule has 0 unspecified atom stereocenters. The number of hydrogen-bond donors (Lipinski definition) is 0. The fraction of sp³-hybridized carbons (Fsp3) is 0. The molecule has 190 valence electrons. The quantitative estimate of drug-likeness (QED) is 0.206. The summed E-state index contributed by atoms with van der Waals surface area (Å²) in [5, 5.41) is 10.0. The molecule has 1 aliphatic heterocycles. The Balaban J connectivity index is 1.31. The third-order valence-corrected chi connectivity index (χ3v) is 8.66. The van der Waals surface area contributed by atoms with E-state index in [4.69, 9.17) is 4.74 Å². The summed E-state index contributed by atoms with van der Waals surface area (Å²) in [6, 6.07) is 52.5. The van der Waals surface area contributed by atoms with Gasteiger partial charge in [0.1, 0.15) is 11.5 Å². The van der Waals surface area contributed by atoms with Gasteiger partial charge in [-0.25, -0.2) is 0 Å². The molecule has 8 aromatic carbocycles. The molecular weight excluding hydrogens is 496 g/mol. The molecule has 0 saturated heterocycles. The van der Waals surface area contributed by atoms with Crippen molar-refractivity contribution in [2.75, 3.05) is 0 Å². The molecule has 8 aromatic rings. The maximum Gasteiger partial charge on any atom is 0.135 e. The van der Waals surface area contributed by atoms with Crippen molar-refractivity contribution in [3.05, 3.63) is 146 Å². The Bertz CT molecular complexity index is 2330. The normalized spacial score (nSPS) is 12.1. The number of rotatable bonds is 2. The molecule has 0 N–H and O–H groups in total. The Morgan fingerprint density at radius 1 is 0.317 bits per heavy atom. The lowest BCUT2D eigenvalue weighted by Crippen LogP contribution is -1.98. The second kappa shape index (κ2) is 8.55. The number of hydrogen-bond acceptors (Lipinski definition) is 1. The molecule has 0 radical (unpaired) electrons. The van der Waals surface area contributed by atoms with Crippen LogP contribution in [0.5, 0.6) is 11.5 Å². The van der Waals surface area contributed by atoms with Gasteiger partial charge in [0.05, 0.1) is 0 Å². The highest BCUT2D eigenvalue weighted by molar-refractivity contribution is 6.23. The van der Waals surface area contributed by atoms with Crippen LogP contribution in [0.15, 0.2) is 146 Å². The van der Waals surface area contributed by atoms with Gasteiger partial charge in [0.15, 0.2) is 0 Å². The lowest BCUT2D eigenvalue weighted by Gasteiger charge is -2.24. The van der Waals surface area contributed by atoms with Crippen molar-refractivity contribution in [3.63, 3.8) is 0 Å². The highest BCUT2D eigenvalue weighted by atomic mass is 16.5. The van der Waals surface area contributed by atoms with E-state index in [-0.39, 0.29) is 0 Å². The SMILES string of the molecule is c1ccc(-c2ccc3c(c2)Oc2cccc4c(-c5cc6c7ccccc7ccc6c6ccccc56)ccc-3c24)cc1. The Labute approximate surface area is 237 Å². The molecule has 0 saturated carbocycles. The van der Waals surface area contributed by atoms with E-state index >= 15 is 0 Å². The second-order valence-electron chi connectivity index (χ2n) is 10.9. The smallest absolute Gasteiger partial charge is 0.135 e. The summed E-state index contributed by atoms with van der Waals surface area (Å²) in [7, 11) is 0. The average Bonchev–Trinajstić information content (AvgIpc) is 3.04. The molecule has 0 aromatic heterocycles. The van der Waals surface area contributed by atoms with Crippen LogP contribution in [0.4, 0.5) is 0 Å². The van der Waals surface area contributed by atoms with Gasteiger partial charge in [-0.15, -0.1) is 0 Å². The van der Waals surface area contributed by atoms with Crippen LogP contribution in [0.25, 0.3) is 76.5 Å². The molecule has 0 spiro atoms. The minimum Gasteiger partial charge on any atom is -0.456 e. The van der Waals surface area contributed by atoms with Gasteiger partial charge < -0.3 is 4.74 Å². The van der Waals surface area contributed by atoms with Crippen LogP contribution in [-0.4, -0.2) is 0 Å². The highest BCUT2D eigenvalue weighted by Crippen LogP contribution is 2.50. The number of ether oxygens (including phenoxy) is 1. The first kappa shape index (κ1) is 22.4. The van der Waals surface area contributed by atoms with Gasteiger partial charge in [-0.1, -0.05) is 121 Å². The van der Waals surface area contributed by atoms with Crippen molar-refractivity contribution in [1.82, 2.24) is 0 Å². The number of benzene rings is 8. The minimum absolute atomic E-state index is 0.904. The van der Waals surface area contributed by atoms with Crippen LogP contribution in [0.3, 0.4) is 0 Å². The summed E-state index contributed by atoms with van der Waals surface area (Å²) in [5.74, 6) is 1.81. The van der Waals surface area contributed by atoms with Crippen LogP contribution < -0.4 is 4.74 Å². The Morgan fingerprint density at radius 3 is 1.93 bits per heavy atom. The summed E-state index contributed by atoms with van der Waals surface area (Å²) in [4.78, 5) is 0. The predicted molar refractivity (Wildman–Crippen MR) is 173 cm³/mol. The van der Waals surface area contributed by atoms with Crippen molar-refractivity contribution in [2.45, 2.75) is 0 Å². The van der Waals surface area contributed by atoms with Crippen LogP contribution in [0, 0.1) is 0 Å². The maximum absolute atomic E-state index is 6.62. The molecule has 0 bridgehead atoms. The Morgan fingerprint density at radius 2 is 1.02 bits per heavy atom. The van der Waals surface area contributed by atoms with E-state index in [1.165, 1.54) is 65.3 Å². The Kier molecular flexibility index (Phi) is 4.67. The van der Waals surface area contributed by atoms with Crippen molar-refractivity contribution in [1.29, 1.82) is 0 Å². The van der Waals surface area contributed by atoms with Crippen molar-refractivity contribution in [3.8, 4) is 44.9 Å². The van der Waals surface area contributed by atoms with E-state index in [1.807, 2.05) is 6.07 Å². The largest absolute Gasteiger partial charge is 0.456 e. The summed E-state index contributed by atoms with van der Waals surface area (Å²) >= 11 is 0. The van der Waals surface area contributed by atoms with E-state index in [9.17, 15) is 0 Å². The zero-order valence-electron chi connectivity index (χ0n) is 22.3. The first-order valence-corrected chi connectivity index (χ1v) is 14.1. The van der Waals surface area contributed by atoms with Gasteiger partial charge in [-0.2, -0.15) is 0 Å². The summed E-state index contributed by atoms with van der Waals surface area (Å²) < 4.78 is 6.62. The van der Waals surface area contributed by atoms with Crippen molar-refractivity contribution >= 4 is 43.1 Å². The van der Waals surface area contributed by atoms with E-state index in [1.54, 1.807) is 0 Å². The van der Waals surface area contributed by atoms with Crippen LogP contribution in [-0.2, 0) is 0 Å². The monoisotopic (exact) mass is 520 g/mol. The van der Waals surface area contributed by atoms with E-state index in [2.05, 4.69) is 140 Å². The van der Waals surface area contributed by atoms with Gasteiger partial charge in [-0.3, -0.25) is 0 Å². The molecule has 0 aliphatic carbocycles. The van der Waals surface area contributed by atoms with Gasteiger partial charge in [0, 0.05) is 10.9 Å².